The van der Waals surface area contributed by atoms with Crippen molar-refractivity contribution in [1.29, 1.82) is 0 Å². The summed E-state index contributed by atoms with van der Waals surface area (Å²) in [5.74, 6) is 0. The van der Waals surface area contributed by atoms with Crippen LogP contribution in [0.1, 0.15) is 35.1 Å². The Morgan fingerprint density at radius 1 is 0.405 bits per heavy atom. The third-order valence-electron chi connectivity index (χ3n) is 6.44. The molecule has 4 aromatic rings. The minimum absolute atomic E-state index is 0. The van der Waals surface area contributed by atoms with Crippen molar-refractivity contribution < 1.29 is 21.7 Å². The fraction of sp³-hybridized carbons (Fsp3) is 0.0588. The van der Waals surface area contributed by atoms with Gasteiger partial charge in [-0.25, -0.2) is 0 Å². The molecule has 2 atom stereocenters. The van der Waals surface area contributed by atoms with Gasteiger partial charge in [0, 0.05) is 0 Å². The molecule has 0 saturated heterocycles. The van der Waals surface area contributed by atoms with Gasteiger partial charge in [-0.2, -0.15) is 41.8 Å². The fourth-order valence-corrected chi connectivity index (χ4v) is 5.63. The quantitative estimate of drug-likeness (QED) is 0.136. The summed E-state index contributed by atoms with van der Waals surface area (Å²) in [6, 6.07) is 42.0. The van der Waals surface area contributed by atoms with Gasteiger partial charge in [-0.05, 0) is 11.1 Å². The second-order valence-electron chi connectivity index (χ2n) is 8.71. The van der Waals surface area contributed by atoms with Crippen LogP contribution in [0.15, 0.2) is 132 Å². The molecule has 178 valence electrons. The van der Waals surface area contributed by atoms with Gasteiger partial charge in [-0.1, -0.05) is 121 Å². The summed E-state index contributed by atoms with van der Waals surface area (Å²) in [4.78, 5) is 0. The van der Waals surface area contributed by atoms with E-state index in [1.165, 1.54) is 55.2 Å². The average molecular weight is 546 g/mol. The molecule has 4 aromatic carbocycles. The molecule has 0 radical (unpaired) electrons. The Bertz CT molecular complexity index is 1250. The first kappa shape index (κ1) is 27.4. The van der Waals surface area contributed by atoms with Crippen molar-refractivity contribution in [2.75, 3.05) is 0 Å². The van der Waals surface area contributed by atoms with Crippen molar-refractivity contribution >= 4 is 40.8 Å². The minimum atomic E-state index is 0. The van der Waals surface area contributed by atoms with E-state index in [1.54, 1.807) is 0 Å². The predicted molar refractivity (Wildman–Crippen MR) is 162 cm³/mol. The van der Waals surface area contributed by atoms with Crippen LogP contribution in [-0.2, 0) is 21.7 Å². The second kappa shape index (κ2) is 13.3. The van der Waals surface area contributed by atoms with Crippen LogP contribution in [0.3, 0.4) is 0 Å². The molecule has 0 spiro atoms. The van der Waals surface area contributed by atoms with E-state index in [0.717, 1.165) is 12.8 Å². The van der Waals surface area contributed by atoms with Crippen LogP contribution in [0.4, 0.5) is 0 Å². The van der Waals surface area contributed by atoms with Gasteiger partial charge in [-0.3, -0.25) is 0 Å². The van der Waals surface area contributed by atoms with Gasteiger partial charge in [0.1, 0.15) is 0 Å². The van der Waals surface area contributed by atoms with Crippen LogP contribution in [0.2, 0.25) is 0 Å². The van der Waals surface area contributed by atoms with Crippen molar-refractivity contribution in [3.05, 3.63) is 166 Å². The van der Waals surface area contributed by atoms with E-state index in [9.17, 15) is 0 Å². The van der Waals surface area contributed by atoms with Crippen LogP contribution in [0, 0.1) is 12.2 Å². The molecule has 0 saturated carbocycles. The average Bonchev–Trinajstić information content (AvgIpc) is 3.53. The number of benzene rings is 4. The number of hydrogen-bond acceptors (Lipinski definition) is 0. The molecule has 0 heterocycles. The Labute approximate surface area is 240 Å². The summed E-state index contributed by atoms with van der Waals surface area (Å²) in [7, 11) is 5.75. The fourth-order valence-electron chi connectivity index (χ4n) is 4.55. The van der Waals surface area contributed by atoms with Gasteiger partial charge in [-0.15, -0.1) is 46.0 Å². The summed E-state index contributed by atoms with van der Waals surface area (Å²) < 4.78 is 0. The first-order chi connectivity index (χ1) is 17.7. The zero-order chi connectivity index (χ0) is 24.7. The zero-order valence-corrected chi connectivity index (χ0v) is 24.5. The predicted octanol–water partition coefficient (Wildman–Crippen LogP) is 9.12. The Morgan fingerprint density at radius 3 is 0.973 bits per heavy atom. The van der Waals surface area contributed by atoms with Gasteiger partial charge in [0.05, 0.1) is 0 Å². The van der Waals surface area contributed by atoms with E-state index in [1.807, 2.05) is 12.1 Å². The maximum absolute atomic E-state index is 3.49. The standard InChI is InChI=1S/2C17H14P.Ti/c2*18-17-15(13-7-3-1-4-8-13)11-12-16(17)14-9-5-2-6-10-14;/h2*1-10H,11,18H2;/q2*-1;+2. The summed E-state index contributed by atoms with van der Waals surface area (Å²) in [6.07, 6.45) is 8.78. The largest absolute Gasteiger partial charge is 2.00 e. The van der Waals surface area contributed by atoms with E-state index in [0.29, 0.717) is 0 Å². The monoisotopic (exact) mass is 546 g/mol. The normalized spacial score (nSPS) is 14.4. The number of rotatable bonds is 4. The Hall–Kier alpha value is -2.59. The van der Waals surface area contributed by atoms with Gasteiger partial charge >= 0.3 is 21.7 Å². The van der Waals surface area contributed by atoms with Crippen LogP contribution in [0.25, 0.3) is 22.3 Å². The van der Waals surface area contributed by atoms with E-state index in [-0.39, 0.29) is 21.7 Å². The minimum Gasteiger partial charge on any atom is -0.196 e. The maximum atomic E-state index is 3.49. The molecule has 0 bridgehead atoms. The van der Waals surface area contributed by atoms with Crippen molar-refractivity contribution in [3.8, 4) is 0 Å². The van der Waals surface area contributed by atoms with E-state index >= 15 is 0 Å². The van der Waals surface area contributed by atoms with Gasteiger partial charge in [0.2, 0.25) is 0 Å². The first-order valence-corrected chi connectivity index (χ1v) is 13.3. The van der Waals surface area contributed by atoms with Crippen LogP contribution in [0.5, 0.6) is 0 Å². The third kappa shape index (κ3) is 6.47. The second-order valence-corrected chi connectivity index (χ2v) is 9.86. The molecule has 2 unspecified atom stereocenters. The summed E-state index contributed by atoms with van der Waals surface area (Å²) in [5, 5.41) is 2.54. The number of allylic oxidation sites excluding steroid dienone is 8. The molecular weight excluding hydrogens is 518 g/mol. The van der Waals surface area contributed by atoms with Crippen molar-refractivity contribution in [3.63, 3.8) is 0 Å². The smallest absolute Gasteiger partial charge is 0.196 e. The molecule has 2 aliphatic carbocycles. The summed E-state index contributed by atoms with van der Waals surface area (Å²) >= 11 is 0. The molecule has 0 amide bonds. The topological polar surface area (TPSA) is 0 Å². The van der Waals surface area contributed by atoms with E-state index in [4.69, 9.17) is 0 Å². The molecule has 3 heteroatoms. The van der Waals surface area contributed by atoms with E-state index in [2.05, 4.69) is 140 Å². The molecule has 0 N–H and O–H groups in total. The number of hydrogen-bond donors (Lipinski definition) is 0. The van der Waals surface area contributed by atoms with Gasteiger partial charge < -0.3 is 0 Å². The summed E-state index contributed by atoms with van der Waals surface area (Å²) in [5.41, 5.74) is 10.2. The molecule has 37 heavy (non-hydrogen) atoms. The molecule has 2 aliphatic rings. The zero-order valence-electron chi connectivity index (χ0n) is 20.6. The Balaban J connectivity index is 0.000000168. The molecule has 0 aromatic heterocycles. The first-order valence-electron chi connectivity index (χ1n) is 12.1. The molecule has 0 aliphatic heterocycles. The van der Waals surface area contributed by atoms with E-state index < -0.39 is 0 Å². The Kier molecular flexibility index (Phi) is 9.85. The molecule has 0 fully saturated rings. The SMILES string of the molecule is PC1=C(c2ccccc2)C[C-]=C1c1ccccc1.PC1=C(c2ccccc2)C[C-]=C1c1ccccc1.[Ti+2]. The van der Waals surface area contributed by atoms with Crippen LogP contribution >= 0.6 is 18.5 Å². The molecule has 0 nitrogen and oxygen atoms in total. The Morgan fingerprint density at radius 2 is 0.676 bits per heavy atom. The molecular formula is C34H28P2Ti. The van der Waals surface area contributed by atoms with Crippen LogP contribution in [-0.4, -0.2) is 0 Å². The van der Waals surface area contributed by atoms with Crippen molar-refractivity contribution in [1.82, 2.24) is 0 Å². The van der Waals surface area contributed by atoms with Crippen molar-refractivity contribution in [2.24, 2.45) is 0 Å². The third-order valence-corrected chi connectivity index (χ3v) is 7.72. The van der Waals surface area contributed by atoms with Gasteiger partial charge in [0.25, 0.3) is 0 Å². The maximum Gasteiger partial charge on any atom is 2.00 e. The van der Waals surface area contributed by atoms with Crippen molar-refractivity contribution in [2.45, 2.75) is 12.8 Å². The van der Waals surface area contributed by atoms with Gasteiger partial charge in [0.15, 0.2) is 0 Å². The molecule has 6 rings (SSSR count). The van der Waals surface area contributed by atoms with Crippen LogP contribution < -0.4 is 0 Å². The summed E-state index contributed by atoms with van der Waals surface area (Å²) in [6.45, 7) is 0.